The summed E-state index contributed by atoms with van der Waals surface area (Å²) >= 11 is 5.78. The lowest BCUT2D eigenvalue weighted by Crippen LogP contribution is -2.48. The van der Waals surface area contributed by atoms with E-state index in [1.165, 1.54) is 11.0 Å². The van der Waals surface area contributed by atoms with Crippen molar-refractivity contribution in [1.29, 1.82) is 0 Å². The number of nitro groups is 1. The molecule has 0 radical (unpaired) electrons. The van der Waals surface area contributed by atoms with Gasteiger partial charge in [0.15, 0.2) is 0 Å². The number of aliphatic carboxylic acids is 1. The number of carboxylic acids is 1. The largest absolute Gasteiger partial charge is 0.480 e. The van der Waals surface area contributed by atoms with Gasteiger partial charge in [0.1, 0.15) is 6.04 Å². The Kier molecular flexibility index (Phi) is 4.42. The molecule has 0 aromatic heterocycles. The van der Waals surface area contributed by atoms with Gasteiger partial charge in [0.05, 0.1) is 4.92 Å². The Balaban J connectivity index is 2.34. The van der Waals surface area contributed by atoms with Gasteiger partial charge in [-0.3, -0.25) is 14.9 Å². The molecule has 1 amide bonds. The molecule has 21 heavy (non-hydrogen) atoms. The quantitative estimate of drug-likeness (QED) is 0.682. The van der Waals surface area contributed by atoms with E-state index < -0.39 is 22.8 Å². The van der Waals surface area contributed by atoms with E-state index in [1.54, 1.807) is 0 Å². The van der Waals surface area contributed by atoms with Crippen LogP contribution in [0.4, 0.5) is 5.69 Å². The molecule has 8 heteroatoms. The number of carbonyl (C=O) groups excluding carboxylic acids is 1. The third-order valence-electron chi connectivity index (χ3n) is 3.39. The summed E-state index contributed by atoms with van der Waals surface area (Å²) in [6.45, 7) is 0.316. The standard InChI is InChI=1S/C13H13ClN2O5/c14-9-5-8(6-10(7-9)16(20)21)12(17)15-4-2-1-3-11(15)13(18)19/h5-7,11H,1-4H2,(H,18,19). The molecule has 1 heterocycles. The Morgan fingerprint density at radius 2 is 2.05 bits per heavy atom. The van der Waals surface area contributed by atoms with Gasteiger partial charge in [-0.05, 0) is 25.3 Å². The van der Waals surface area contributed by atoms with Gasteiger partial charge in [0.2, 0.25) is 0 Å². The normalized spacial score (nSPS) is 18.3. The van der Waals surface area contributed by atoms with Gasteiger partial charge in [-0.25, -0.2) is 4.79 Å². The highest BCUT2D eigenvalue weighted by Crippen LogP contribution is 2.25. The van der Waals surface area contributed by atoms with Crippen LogP contribution < -0.4 is 0 Å². The first-order chi connectivity index (χ1) is 9.90. The Morgan fingerprint density at radius 3 is 2.67 bits per heavy atom. The van der Waals surface area contributed by atoms with Gasteiger partial charge < -0.3 is 10.0 Å². The van der Waals surface area contributed by atoms with Crippen molar-refractivity contribution >= 4 is 29.2 Å². The summed E-state index contributed by atoms with van der Waals surface area (Å²) in [5, 5.41) is 20.0. The van der Waals surface area contributed by atoms with Crippen LogP contribution in [-0.4, -0.2) is 39.4 Å². The van der Waals surface area contributed by atoms with Crippen LogP contribution in [0.3, 0.4) is 0 Å². The van der Waals surface area contributed by atoms with Crippen LogP contribution in [-0.2, 0) is 4.79 Å². The van der Waals surface area contributed by atoms with Crippen molar-refractivity contribution in [2.75, 3.05) is 6.54 Å². The van der Waals surface area contributed by atoms with Crippen LogP contribution in [0, 0.1) is 10.1 Å². The smallest absolute Gasteiger partial charge is 0.326 e. The van der Waals surface area contributed by atoms with Crippen LogP contribution in [0.1, 0.15) is 29.6 Å². The maximum absolute atomic E-state index is 12.4. The summed E-state index contributed by atoms with van der Waals surface area (Å²) in [7, 11) is 0. The topological polar surface area (TPSA) is 101 Å². The second-order valence-corrected chi connectivity index (χ2v) is 5.24. The molecular formula is C13H13ClN2O5. The van der Waals surface area contributed by atoms with E-state index in [0.29, 0.717) is 19.4 Å². The summed E-state index contributed by atoms with van der Waals surface area (Å²) in [4.78, 5) is 35.0. The molecule has 0 aliphatic carbocycles. The summed E-state index contributed by atoms with van der Waals surface area (Å²) in [5.74, 6) is -1.62. The molecule has 1 aromatic rings. The summed E-state index contributed by atoms with van der Waals surface area (Å²) in [5.41, 5.74) is -0.267. The third-order valence-corrected chi connectivity index (χ3v) is 3.61. The Morgan fingerprint density at radius 1 is 1.33 bits per heavy atom. The number of amides is 1. The minimum atomic E-state index is -1.07. The van der Waals surface area contributed by atoms with Crippen molar-refractivity contribution in [1.82, 2.24) is 4.90 Å². The van der Waals surface area contributed by atoms with E-state index in [2.05, 4.69) is 0 Å². The first-order valence-electron chi connectivity index (χ1n) is 6.39. The number of non-ortho nitro benzene ring substituents is 1. The Hall–Kier alpha value is -2.15. The predicted octanol–water partition coefficient (Wildman–Crippen LogP) is 2.33. The zero-order chi connectivity index (χ0) is 15.6. The van der Waals surface area contributed by atoms with E-state index in [1.807, 2.05) is 0 Å². The van der Waals surface area contributed by atoms with Crippen molar-refractivity contribution in [2.45, 2.75) is 25.3 Å². The molecule has 2 rings (SSSR count). The van der Waals surface area contributed by atoms with Crippen molar-refractivity contribution in [2.24, 2.45) is 0 Å². The molecule has 1 saturated heterocycles. The van der Waals surface area contributed by atoms with Gasteiger partial charge in [0, 0.05) is 29.3 Å². The molecule has 7 nitrogen and oxygen atoms in total. The number of benzene rings is 1. The average Bonchev–Trinajstić information content (AvgIpc) is 2.45. The van der Waals surface area contributed by atoms with Crippen molar-refractivity contribution < 1.29 is 19.6 Å². The van der Waals surface area contributed by atoms with Crippen molar-refractivity contribution in [3.8, 4) is 0 Å². The Bertz CT molecular complexity index is 604. The Labute approximate surface area is 125 Å². The maximum Gasteiger partial charge on any atom is 0.326 e. The lowest BCUT2D eigenvalue weighted by molar-refractivity contribution is -0.384. The predicted molar refractivity (Wildman–Crippen MR) is 74.4 cm³/mol. The molecule has 1 aromatic carbocycles. The fraction of sp³-hybridized carbons (Fsp3) is 0.385. The molecule has 0 bridgehead atoms. The fourth-order valence-electron chi connectivity index (χ4n) is 2.40. The minimum absolute atomic E-state index is 0.0300. The van der Waals surface area contributed by atoms with Gasteiger partial charge in [-0.15, -0.1) is 0 Å². The number of carboxylic acid groups (broad SMARTS) is 1. The molecule has 1 atom stereocenters. The van der Waals surface area contributed by atoms with E-state index >= 15 is 0 Å². The number of carbonyl (C=O) groups is 2. The first-order valence-corrected chi connectivity index (χ1v) is 6.76. The van der Waals surface area contributed by atoms with Crippen molar-refractivity contribution in [3.63, 3.8) is 0 Å². The summed E-state index contributed by atoms with van der Waals surface area (Å²) in [6.07, 6.45) is 1.82. The number of piperidine rings is 1. The summed E-state index contributed by atoms with van der Waals surface area (Å²) < 4.78 is 0. The van der Waals surface area contributed by atoms with Gasteiger partial charge in [0.25, 0.3) is 11.6 Å². The molecule has 112 valence electrons. The van der Waals surface area contributed by atoms with E-state index in [4.69, 9.17) is 11.6 Å². The molecule has 0 spiro atoms. The van der Waals surface area contributed by atoms with Crippen LogP contribution in [0.25, 0.3) is 0 Å². The number of halogens is 1. The molecule has 0 saturated carbocycles. The van der Waals surface area contributed by atoms with E-state index in [0.717, 1.165) is 18.6 Å². The fourth-order valence-corrected chi connectivity index (χ4v) is 2.63. The highest BCUT2D eigenvalue weighted by Gasteiger charge is 2.33. The number of nitrogens with zero attached hydrogens (tertiary/aromatic N) is 2. The number of hydrogen-bond donors (Lipinski definition) is 1. The lowest BCUT2D eigenvalue weighted by Gasteiger charge is -2.33. The molecule has 1 N–H and O–H groups in total. The van der Waals surface area contributed by atoms with Gasteiger partial charge in [-0.1, -0.05) is 11.6 Å². The highest BCUT2D eigenvalue weighted by atomic mass is 35.5. The third kappa shape index (κ3) is 3.30. The molecule has 1 aliphatic rings. The van der Waals surface area contributed by atoms with Crippen molar-refractivity contribution in [3.05, 3.63) is 38.9 Å². The van der Waals surface area contributed by atoms with E-state index in [-0.39, 0.29) is 16.3 Å². The lowest BCUT2D eigenvalue weighted by atomic mass is 10.0. The van der Waals surface area contributed by atoms with Gasteiger partial charge in [-0.2, -0.15) is 0 Å². The summed E-state index contributed by atoms with van der Waals surface area (Å²) in [6, 6.07) is 2.67. The SMILES string of the molecule is O=C(O)C1CCCCN1C(=O)c1cc(Cl)cc([N+](=O)[O-])c1. The van der Waals surface area contributed by atoms with Crippen LogP contribution in [0.2, 0.25) is 5.02 Å². The molecular weight excluding hydrogens is 300 g/mol. The molecule has 1 fully saturated rings. The zero-order valence-electron chi connectivity index (χ0n) is 11.0. The highest BCUT2D eigenvalue weighted by molar-refractivity contribution is 6.31. The van der Waals surface area contributed by atoms with E-state index in [9.17, 15) is 24.8 Å². The van der Waals surface area contributed by atoms with Gasteiger partial charge >= 0.3 is 5.97 Å². The molecule has 1 aliphatic heterocycles. The maximum atomic E-state index is 12.4. The van der Waals surface area contributed by atoms with Crippen LogP contribution in [0.5, 0.6) is 0 Å². The second-order valence-electron chi connectivity index (χ2n) is 4.80. The number of hydrogen-bond acceptors (Lipinski definition) is 4. The monoisotopic (exact) mass is 312 g/mol. The van der Waals surface area contributed by atoms with Crippen LogP contribution in [0.15, 0.2) is 18.2 Å². The molecule has 1 unspecified atom stereocenters. The van der Waals surface area contributed by atoms with Crippen LogP contribution >= 0.6 is 11.6 Å². The second kappa shape index (κ2) is 6.09. The first kappa shape index (κ1) is 15.2. The zero-order valence-corrected chi connectivity index (χ0v) is 11.7. The average molecular weight is 313 g/mol. The number of rotatable bonds is 3. The number of nitro benzene ring substituents is 1. The minimum Gasteiger partial charge on any atom is -0.480 e. The number of likely N-dealkylation sites (tertiary alicyclic amines) is 1.